The topological polar surface area (TPSA) is 76.5 Å². The summed E-state index contributed by atoms with van der Waals surface area (Å²) in [5.74, 6) is 1.05. The molecule has 1 aromatic rings. The first-order valence-electron chi connectivity index (χ1n) is 4.53. The number of nitrogens with one attached hydrogen (secondary N) is 1. The van der Waals surface area contributed by atoms with Gasteiger partial charge in [0.05, 0.1) is 32.2 Å². The average Bonchev–Trinajstić information content (AvgIpc) is 2.27. The van der Waals surface area contributed by atoms with Crippen molar-refractivity contribution < 1.29 is 14.6 Å². The summed E-state index contributed by atoms with van der Waals surface area (Å²) in [6.45, 7) is 0.628. The smallest absolute Gasteiger partial charge is 0.222 e. The molecule has 15 heavy (non-hydrogen) atoms. The molecule has 2 N–H and O–H groups in total. The van der Waals surface area contributed by atoms with Crippen molar-refractivity contribution in [2.75, 3.05) is 32.7 Å². The monoisotopic (exact) mass is 213 g/mol. The standard InChI is InChI=1S/C9H15N3O3/c1-14-6-7(13)3-10-9-11-4-8(15-2)5-12-9/h4-5,7,13H,3,6H2,1-2H3,(H,10,11,12). The van der Waals surface area contributed by atoms with Gasteiger partial charge in [0, 0.05) is 13.7 Å². The zero-order valence-corrected chi connectivity index (χ0v) is 8.80. The second-order valence-corrected chi connectivity index (χ2v) is 2.94. The van der Waals surface area contributed by atoms with E-state index in [9.17, 15) is 5.11 Å². The van der Waals surface area contributed by atoms with Gasteiger partial charge in [0.2, 0.25) is 5.95 Å². The van der Waals surface area contributed by atoms with E-state index in [2.05, 4.69) is 15.3 Å². The third kappa shape index (κ3) is 4.09. The molecule has 1 rings (SSSR count). The summed E-state index contributed by atoms with van der Waals surface area (Å²) in [6.07, 6.45) is 2.54. The number of aromatic nitrogens is 2. The molecule has 6 nitrogen and oxygen atoms in total. The van der Waals surface area contributed by atoms with E-state index in [1.54, 1.807) is 19.5 Å². The summed E-state index contributed by atoms with van der Waals surface area (Å²) >= 11 is 0. The summed E-state index contributed by atoms with van der Waals surface area (Å²) in [7, 11) is 3.08. The molecule has 6 heteroatoms. The van der Waals surface area contributed by atoms with Crippen LogP contribution in [0.5, 0.6) is 5.75 Å². The summed E-state index contributed by atoms with van der Waals surface area (Å²) in [4.78, 5) is 7.96. The Labute approximate surface area is 88.3 Å². The van der Waals surface area contributed by atoms with Crippen LogP contribution >= 0.6 is 0 Å². The van der Waals surface area contributed by atoms with Crippen molar-refractivity contribution in [1.29, 1.82) is 0 Å². The normalized spacial score (nSPS) is 12.2. The maximum absolute atomic E-state index is 9.34. The fourth-order valence-electron chi connectivity index (χ4n) is 0.973. The Hall–Kier alpha value is -1.40. The van der Waals surface area contributed by atoms with E-state index in [1.165, 1.54) is 7.11 Å². The third-order valence-corrected chi connectivity index (χ3v) is 1.72. The number of hydrogen-bond acceptors (Lipinski definition) is 6. The highest BCUT2D eigenvalue weighted by Gasteiger charge is 2.03. The zero-order valence-electron chi connectivity index (χ0n) is 8.80. The first-order valence-corrected chi connectivity index (χ1v) is 4.53. The van der Waals surface area contributed by atoms with Gasteiger partial charge in [0.15, 0.2) is 5.75 Å². The Kier molecular flexibility index (Phi) is 4.79. The van der Waals surface area contributed by atoms with E-state index in [1.807, 2.05) is 0 Å². The average molecular weight is 213 g/mol. The number of methoxy groups -OCH3 is 2. The summed E-state index contributed by atoms with van der Waals surface area (Å²) < 4.78 is 9.69. The van der Waals surface area contributed by atoms with Gasteiger partial charge in [-0.25, -0.2) is 9.97 Å². The van der Waals surface area contributed by atoms with Gasteiger partial charge in [-0.2, -0.15) is 0 Å². The van der Waals surface area contributed by atoms with Gasteiger partial charge in [-0.1, -0.05) is 0 Å². The van der Waals surface area contributed by atoms with Crippen LogP contribution in [0.4, 0.5) is 5.95 Å². The minimum atomic E-state index is -0.569. The van der Waals surface area contributed by atoms with Crippen molar-refractivity contribution in [3.05, 3.63) is 12.4 Å². The van der Waals surface area contributed by atoms with Crippen LogP contribution < -0.4 is 10.1 Å². The number of rotatable bonds is 6. The molecule has 0 radical (unpaired) electrons. The number of nitrogens with zero attached hydrogens (tertiary/aromatic N) is 2. The fraction of sp³-hybridized carbons (Fsp3) is 0.556. The quantitative estimate of drug-likeness (QED) is 0.687. The Morgan fingerprint density at radius 1 is 1.40 bits per heavy atom. The van der Waals surface area contributed by atoms with Gasteiger partial charge in [-0.05, 0) is 0 Å². The minimum Gasteiger partial charge on any atom is -0.494 e. The van der Waals surface area contributed by atoms with Crippen molar-refractivity contribution >= 4 is 5.95 Å². The van der Waals surface area contributed by atoms with Crippen LogP contribution in [0.1, 0.15) is 0 Å². The lowest BCUT2D eigenvalue weighted by molar-refractivity contribution is 0.0726. The van der Waals surface area contributed by atoms with Gasteiger partial charge >= 0.3 is 0 Å². The van der Waals surface area contributed by atoms with Crippen molar-refractivity contribution in [1.82, 2.24) is 9.97 Å². The maximum atomic E-state index is 9.34. The third-order valence-electron chi connectivity index (χ3n) is 1.72. The predicted octanol–water partition coefficient (Wildman–Crippen LogP) is -0.0956. The van der Waals surface area contributed by atoms with Gasteiger partial charge < -0.3 is 19.9 Å². The lowest BCUT2D eigenvalue weighted by atomic mass is 10.4. The Bertz CT molecular complexity index is 278. The van der Waals surface area contributed by atoms with E-state index in [0.717, 1.165) is 0 Å². The van der Waals surface area contributed by atoms with Crippen LogP contribution in [0.15, 0.2) is 12.4 Å². The molecule has 0 saturated heterocycles. The largest absolute Gasteiger partial charge is 0.494 e. The van der Waals surface area contributed by atoms with Gasteiger partial charge in [0.25, 0.3) is 0 Å². The van der Waals surface area contributed by atoms with Crippen molar-refractivity contribution in [2.45, 2.75) is 6.10 Å². The molecule has 0 aliphatic carbocycles. The maximum Gasteiger partial charge on any atom is 0.222 e. The van der Waals surface area contributed by atoms with Crippen molar-refractivity contribution in [3.63, 3.8) is 0 Å². The first kappa shape index (κ1) is 11.7. The molecule has 84 valence electrons. The highest BCUT2D eigenvalue weighted by molar-refractivity contribution is 5.26. The molecule has 0 aliphatic rings. The van der Waals surface area contributed by atoms with Crippen LogP contribution in [-0.4, -0.2) is 48.5 Å². The Balaban J connectivity index is 2.37. The van der Waals surface area contributed by atoms with E-state index >= 15 is 0 Å². The number of aliphatic hydroxyl groups excluding tert-OH is 1. The lowest BCUT2D eigenvalue weighted by Gasteiger charge is -2.10. The molecule has 0 amide bonds. The molecule has 1 atom stereocenters. The van der Waals surface area contributed by atoms with E-state index < -0.39 is 6.10 Å². The van der Waals surface area contributed by atoms with Crippen molar-refractivity contribution in [2.24, 2.45) is 0 Å². The fourth-order valence-corrected chi connectivity index (χ4v) is 0.973. The number of anilines is 1. The van der Waals surface area contributed by atoms with Crippen LogP contribution in [-0.2, 0) is 4.74 Å². The summed E-state index contributed by atoms with van der Waals surface area (Å²) in [6, 6.07) is 0. The van der Waals surface area contributed by atoms with Crippen LogP contribution in [0.3, 0.4) is 0 Å². The Morgan fingerprint density at radius 2 is 2.07 bits per heavy atom. The summed E-state index contributed by atoms with van der Waals surface area (Å²) in [5, 5.41) is 12.2. The molecule has 0 bridgehead atoms. The SMILES string of the molecule is COCC(O)CNc1ncc(OC)cn1. The van der Waals surface area contributed by atoms with Gasteiger partial charge in [0.1, 0.15) is 0 Å². The summed E-state index contributed by atoms with van der Waals surface area (Å²) in [5.41, 5.74) is 0. The second-order valence-electron chi connectivity index (χ2n) is 2.94. The van der Waals surface area contributed by atoms with E-state index in [-0.39, 0.29) is 6.61 Å². The lowest BCUT2D eigenvalue weighted by Crippen LogP contribution is -2.24. The minimum absolute atomic E-state index is 0.281. The molecule has 0 fully saturated rings. The number of aliphatic hydroxyl groups is 1. The first-order chi connectivity index (χ1) is 7.26. The molecule has 1 heterocycles. The van der Waals surface area contributed by atoms with Gasteiger partial charge in [-0.3, -0.25) is 0 Å². The second kappa shape index (κ2) is 6.15. The Morgan fingerprint density at radius 3 is 2.60 bits per heavy atom. The molecule has 0 aliphatic heterocycles. The van der Waals surface area contributed by atoms with Crippen LogP contribution in [0.25, 0.3) is 0 Å². The zero-order chi connectivity index (χ0) is 11.1. The predicted molar refractivity (Wildman–Crippen MR) is 55.0 cm³/mol. The number of hydrogen-bond donors (Lipinski definition) is 2. The highest BCUT2D eigenvalue weighted by atomic mass is 16.5. The molecule has 0 spiro atoms. The molecule has 0 saturated carbocycles. The van der Waals surface area contributed by atoms with Gasteiger partial charge in [-0.15, -0.1) is 0 Å². The highest BCUT2D eigenvalue weighted by Crippen LogP contribution is 2.06. The number of ether oxygens (including phenoxy) is 2. The van der Waals surface area contributed by atoms with E-state index in [0.29, 0.717) is 18.2 Å². The molecule has 1 unspecified atom stereocenters. The molecular weight excluding hydrogens is 198 g/mol. The molecule has 0 aromatic carbocycles. The molecular formula is C9H15N3O3. The van der Waals surface area contributed by atoms with E-state index in [4.69, 9.17) is 9.47 Å². The van der Waals surface area contributed by atoms with Crippen LogP contribution in [0, 0.1) is 0 Å². The molecule has 1 aromatic heterocycles. The van der Waals surface area contributed by atoms with Crippen LogP contribution in [0.2, 0.25) is 0 Å². The van der Waals surface area contributed by atoms with Crippen molar-refractivity contribution in [3.8, 4) is 5.75 Å².